The number of hydrogen-bond donors (Lipinski definition) is 1. The predicted molar refractivity (Wildman–Crippen MR) is 142 cm³/mol. The van der Waals surface area contributed by atoms with E-state index in [1.165, 1.54) is 18.5 Å². The van der Waals surface area contributed by atoms with Crippen LogP contribution in [0.2, 0.25) is 0 Å². The van der Waals surface area contributed by atoms with Gasteiger partial charge in [-0.3, -0.25) is 4.99 Å². The summed E-state index contributed by atoms with van der Waals surface area (Å²) in [5, 5.41) is 3.50. The van der Waals surface area contributed by atoms with E-state index in [-0.39, 0.29) is 24.0 Å². The van der Waals surface area contributed by atoms with Crippen LogP contribution in [-0.2, 0) is 6.42 Å². The van der Waals surface area contributed by atoms with Crippen molar-refractivity contribution in [2.24, 2.45) is 10.9 Å². The number of aromatic nitrogens is 2. The molecule has 174 valence electrons. The number of nitrogens with zero attached hydrogens (tertiary/aromatic N) is 6. The molecule has 2 fully saturated rings. The molecule has 1 atom stereocenters. The van der Waals surface area contributed by atoms with E-state index in [0.717, 1.165) is 70.7 Å². The number of hydrogen-bond acceptors (Lipinski definition) is 5. The van der Waals surface area contributed by atoms with Crippen molar-refractivity contribution in [3.05, 3.63) is 54.4 Å². The number of rotatable bonds is 7. The van der Waals surface area contributed by atoms with Gasteiger partial charge in [0.2, 0.25) is 5.95 Å². The van der Waals surface area contributed by atoms with E-state index in [4.69, 9.17) is 4.99 Å². The number of benzene rings is 1. The molecule has 2 aliphatic heterocycles. The fourth-order valence-electron chi connectivity index (χ4n) is 4.41. The second kappa shape index (κ2) is 12.9. The molecule has 0 saturated carbocycles. The summed E-state index contributed by atoms with van der Waals surface area (Å²) in [4.78, 5) is 21.0. The molecule has 4 rings (SSSR count). The summed E-state index contributed by atoms with van der Waals surface area (Å²) < 4.78 is 0. The van der Waals surface area contributed by atoms with Crippen molar-refractivity contribution in [2.75, 3.05) is 63.8 Å². The number of piperazine rings is 1. The van der Waals surface area contributed by atoms with Gasteiger partial charge in [0.05, 0.1) is 0 Å². The van der Waals surface area contributed by atoms with Crippen molar-refractivity contribution in [2.45, 2.75) is 19.8 Å². The zero-order valence-electron chi connectivity index (χ0n) is 19.1. The summed E-state index contributed by atoms with van der Waals surface area (Å²) in [6, 6.07) is 12.7. The predicted octanol–water partition coefficient (Wildman–Crippen LogP) is 2.75. The minimum atomic E-state index is 0. The van der Waals surface area contributed by atoms with E-state index in [9.17, 15) is 0 Å². The van der Waals surface area contributed by atoms with Crippen LogP contribution < -0.4 is 10.2 Å². The van der Waals surface area contributed by atoms with E-state index in [1.54, 1.807) is 0 Å². The Morgan fingerprint density at radius 1 is 1.03 bits per heavy atom. The van der Waals surface area contributed by atoms with Gasteiger partial charge in [-0.1, -0.05) is 30.3 Å². The van der Waals surface area contributed by atoms with Gasteiger partial charge in [0.15, 0.2) is 5.96 Å². The number of nitrogens with one attached hydrogen (secondary N) is 1. The molecule has 1 N–H and O–H groups in total. The lowest BCUT2D eigenvalue weighted by Gasteiger charge is -2.36. The zero-order chi connectivity index (χ0) is 21.3. The molecule has 2 saturated heterocycles. The second-order valence-electron chi connectivity index (χ2n) is 8.41. The van der Waals surface area contributed by atoms with E-state index in [2.05, 4.69) is 67.2 Å². The van der Waals surface area contributed by atoms with Crippen LogP contribution in [0.1, 0.15) is 18.9 Å². The maximum Gasteiger partial charge on any atom is 0.225 e. The van der Waals surface area contributed by atoms with Crippen molar-refractivity contribution in [3.8, 4) is 0 Å². The van der Waals surface area contributed by atoms with Gasteiger partial charge in [-0.15, -0.1) is 24.0 Å². The van der Waals surface area contributed by atoms with Gasteiger partial charge >= 0.3 is 0 Å². The molecule has 0 spiro atoms. The second-order valence-corrected chi connectivity index (χ2v) is 8.41. The minimum absolute atomic E-state index is 0. The van der Waals surface area contributed by atoms with Crippen LogP contribution in [0.4, 0.5) is 5.95 Å². The first-order valence-corrected chi connectivity index (χ1v) is 11.6. The van der Waals surface area contributed by atoms with E-state index in [1.807, 2.05) is 18.5 Å². The zero-order valence-corrected chi connectivity index (χ0v) is 21.4. The Morgan fingerprint density at radius 2 is 1.78 bits per heavy atom. The Morgan fingerprint density at radius 3 is 2.50 bits per heavy atom. The molecule has 0 amide bonds. The van der Waals surface area contributed by atoms with E-state index < -0.39 is 0 Å². The third kappa shape index (κ3) is 7.03. The van der Waals surface area contributed by atoms with Gasteiger partial charge in [-0.2, -0.15) is 0 Å². The van der Waals surface area contributed by atoms with Gasteiger partial charge in [-0.05, 0) is 43.9 Å². The van der Waals surface area contributed by atoms with Crippen LogP contribution in [-0.4, -0.2) is 84.6 Å². The van der Waals surface area contributed by atoms with Crippen LogP contribution in [0.3, 0.4) is 0 Å². The number of anilines is 1. The number of likely N-dealkylation sites (tertiary alicyclic amines) is 1. The van der Waals surface area contributed by atoms with Crippen LogP contribution in [0, 0.1) is 5.92 Å². The van der Waals surface area contributed by atoms with Crippen LogP contribution in [0.15, 0.2) is 53.8 Å². The molecule has 7 nitrogen and oxygen atoms in total. The van der Waals surface area contributed by atoms with Gasteiger partial charge in [0, 0.05) is 64.8 Å². The normalized spacial score (nSPS) is 19.7. The molecule has 3 heterocycles. The highest BCUT2D eigenvalue weighted by Gasteiger charge is 2.24. The highest BCUT2D eigenvalue weighted by atomic mass is 127. The Hall–Kier alpha value is -1.94. The van der Waals surface area contributed by atoms with Crippen LogP contribution in [0.5, 0.6) is 0 Å². The summed E-state index contributed by atoms with van der Waals surface area (Å²) in [5.74, 6) is 2.54. The molecule has 2 aromatic rings. The summed E-state index contributed by atoms with van der Waals surface area (Å²) in [6.07, 6.45) is 6.00. The Labute approximate surface area is 209 Å². The summed E-state index contributed by atoms with van der Waals surface area (Å²) in [6.45, 7) is 11.2. The molecule has 1 aromatic carbocycles. The molecule has 1 unspecified atom stereocenters. The van der Waals surface area contributed by atoms with Crippen molar-refractivity contribution in [3.63, 3.8) is 0 Å². The molecule has 0 bridgehead atoms. The average molecular weight is 550 g/mol. The van der Waals surface area contributed by atoms with Crippen LogP contribution >= 0.6 is 24.0 Å². The fraction of sp³-hybridized carbons (Fsp3) is 0.542. The molecular formula is C24H36IN7. The Kier molecular flexibility index (Phi) is 9.98. The topological polar surface area (TPSA) is 59.9 Å². The first-order chi connectivity index (χ1) is 15.3. The Balaban J connectivity index is 0.00000289. The molecule has 8 heteroatoms. The van der Waals surface area contributed by atoms with Crippen LogP contribution in [0.25, 0.3) is 0 Å². The molecule has 0 radical (unpaired) electrons. The third-order valence-corrected chi connectivity index (χ3v) is 6.18. The van der Waals surface area contributed by atoms with Gasteiger partial charge in [0.25, 0.3) is 0 Å². The van der Waals surface area contributed by atoms with Gasteiger partial charge in [0.1, 0.15) is 0 Å². The fourth-order valence-corrected chi connectivity index (χ4v) is 4.41. The molecule has 32 heavy (non-hydrogen) atoms. The maximum absolute atomic E-state index is 5.02. The molecule has 1 aromatic heterocycles. The standard InChI is InChI=1S/C24H35N7.HI/c1-2-25-23(30-15-17-31(18-16-30)24-26-11-6-12-27-24)28-19-22-10-14-29(20-22)13-9-21-7-4-3-5-8-21;/h3-8,11-12,22H,2,9-10,13-20H2,1H3,(H,25,28);1H. The highest BCUT2D eigenvalue weighted by Crippen LogP contribution is 2.17. The van der Waals surface area contributed by atoms with E-state index in [0.29, 0.717) is 5.92 Å². The number of halogens is 1. The maximum atomic E-state index is 5.02. The first kappa shape index (κ1) is 24.7. The quantitative estimate of drug-likeness (QED) is 0.326. The largest absolute Gasteiger partial charge is 0.357 e. The van der Waals surface area contributed by atoms with Crippen molar-refractivity contribution in [1.82, 2.24) is 25.1 Å². The number of guanidine groups is 1. The highest BCUT2D eigenvalue weighted by molar-refractivity contribution is 14.0. The average Bonchev–Trinajstić information content (AvgIpc) is 3.30. The first-order valence-electron chi connectivity index (χ1n) is 11.6. The molecular weight excluding hydrogens is 513 g/mol. The van der Waals surface area contributed by atoms with Gasteiger partial charge < -0.3 is 20.0 Å². The SMILES string of the molecule is CCNC(=NCC1CCN(CCc2ccccc2)C1)N1CCN(c2ncccn2)CC1.I. The minimum Gasteiger partial charge on any atom is -0.357 e. The monoisotopic (exact) mass is 549 g/mol. The van der Waals surface area contributed by atoms with Gasteiger partial charge in [-0.25, -0.2) is 9.97 Å². The van der Waals surface area contributed by atoms with Crippen molar-refractivity contribution >= 4 is 35.9 Å². The summed E-state index contributed by atoms with van der Waals surface area (Å²) in [7, 11) is 0. The van der Waals surface area contributed by atoms with Crippen molar-refractivity contribution < 1.29 is 0 Å². The third-order valence-electron chi connectivity index (χ3n) is 6.18. The molecule has 0 aliphatic carbocycles. The lowest BCUT2D eigenvalue weighted by Crippen LogP contribution is -2.53. The summed E-state index contributed by atoms with van der Waals surface area (Å²) in [5.41, 5.74) is 1.43. The Bertz CT molecular complexity index is 810. The smallest absolute Gasteiger partial charge is 0.225 e. The lowest BCUT2D eigenvalue weighted by atomic mass is 10.1. The van der Waals surface area contributed by atoms with E-state index >= 15 is 0 Å². The lowest BCUT2D eigenvalue weighted by molar-refractivity contribution is 0.329. The van der Waals surface area contributed by atoms with Crippen molar-refractivity contribution in [1.29, 1.82) is 0 Å². The summed E-state index contributed by atoms with van der Waals surface area (Å²) >= 11 is 0. The number of aliphatic imine (C=N–C) groups is 1. The molecule has 2 aliphatic rings.